The summed E-state index contributed by atoms with van der Waals surface area (Å²) in [5.74, 6) is -0.240. The number of aliphatic hydroxyl groups excluding tert-OH is 1. The van der Waals surface area contributed by atoms with Crippen molar-refractivity contribution in [3.05, 3.63) is 0 Å². The van der Waals surface area contributed by atoms with Crippen LogP contribution in [0.5, 0.6) is 0 Å². The molecule has 1 amide bonds. The third-order valence-electron chi connectivity index (χ3n) is 3.29. The molecule has 0 bridgehead atoms. The van der Waals surface area contributed by atoms with E-state index < -0.39 is 33.1 Å². The van der Waals surface area contributed by atoms with Crippen LogP contribution in [0.3, 0.4) is 0 Å². The van der Waals surface area contributed by atoms with Gasteiger partial charge in [0.25, 0.3) is 0 Å². The number of aliphatic hydroxyl groups is 1. The molecule has 0 saturated carbocycles. The van der Waals surface area contributed by atoms with E-state index >= 15 is 0 Å². The largest absolute Gasteiger partial charge is 0.444 e. The van der Waals surface area contributed by atoms with E-state index in [0.29, 0.717) is 0 Å². The zero-order valence-corrected chi connectivity index (χ0v) is 11.7. The highest BCUT2D eigenvalue weighted by Gasteiger charge is 2.58. The molecule has 0 aliphatic carbocycles. The minimum Gasteiger partial charge on any atom is -0.444 e. The Hall–Kier alpha value is -0.820. The number of nitrogens with zero attached hydrogens (tertiary/aromatic N) is 1. The molecule has 18 heavy (non-hydrogen) atoms. The molecular formula is C11H19NO5S. The summed E-state index contributed by atoms with van der Waals surface area (Å²) in [7, 11) is -3.18. The molecule has 0 radical (unpaired) electrons. The summed E-state index contributed by atoms with van der Waals surface area (Å²) in [5.41, 5.74) is -1.24. The fraction of sp³-hybridized carbons (Fsp3) is 0.909. The molecule has 1 N–H and O–H groups in total. The summed E-state index contributed by atoms with van der Waals surface area (Å²) >= 11 is 0. The van der Waals surface area contributed by atoms with Crippen LogP contribution in [0.25, 0.3) is 0 Å². The van der Waals surface area contributed by atoms with Crippen molar-refractivity contribution in [2.45, 2.75) is 32.5 Å². The number of carbonyl (C=O) groups excluding carboxylic acids is 1. The Labute approximate surface area is 107 Å². The fourth-order valence-corrected chi connectivity index (χ4v) is 4.69. The van der Waals surface area contributed by atoms with E-state index in [2.05, 4.69) is 0 Å². The second-order valence-electron chi connectivity index (χ2n) is 6.27. The highest BCUT2D eigenvalue weighted by molar-refractivity contribution is 7.91. The molecule has 2 aliphatic rings. The van der Waals surface area contributed by atoms with Crippen LogP contribution in [0.1, 0.15) is 20.8 Å². The van der Waals surface area contributed by atoms with Gasteiger partial charge in [-0.05, 0) is 20.8 Å². The van der Waals surface area contributed by atoms with Gasteiger partial charge in [0.1, 0.15) is 5.60 Å². The van der Waals surface area contributed by atoms with Gasteiger partial charge >= 0.3 is 6.09 Å². The van der Waals surface area contributed by atoms with Crippen molar-refractivity contribution < 1.29 is 23.1 Å². The first kappa shape index (κ1) is 13.6. The Morgan fingerprint density at radius 1 is 1.39 bits per heavy atom. The van der Waals surface area contributed by atoms with E-state index in [4.69, 9.17) is 4.74 Å². The molecular weight excluding hydrogens is 258 g/mol. The maximum absolute atomic E-state index is 11.7. The van der Waals surface area contributed by atoms with Crippen LogP contribution in [-0.4, -0.2) is 60.8 Å². The second-order valence-corrected chi connectivity index (χ2v) is 8.38. The average molecular weight is 277 g/mol. The van der Waals surface area contributed by atoms with Crippen molar-refractivity contribution in [2.24, 2.45) is 5.41 Å². The zero-order valence-electron chi connectivity index (χ0n) is 10.8. The van der Waals surface area contributed by atoms with Gasteiger partial charge in [-0.15, -0.1) is 0 Å². The Kier molecular flexibility index (Phi) is 2.90. The highest BCUT2D eigenvalue weighted by atomic mass is 32.2. The summed E-state index contributed by atoms with van der Waals surface area (Å²) in [5, 5.41) is 9.81. The third-order valence-corrected chi connectivity index (χ3v) is 5.13. The van der Waals surface area contributed by atoms with E-state index in [1.807, 2.05) is 0 Å². The van der Waals surface area contributed by atoms with E-state index in [0.717, 1.165) is 0 Å². The van der Waals surface area contributed by atoms with Crippen LogP contribution in [0.2, 0.25) is 0 Å². The first-order valence-electron chi connectivity index (χ1n) is 5.89. The highest BCUT2D eigenvalue weighted by Crippen LogP contribution is 2.41. The van der Waals surface area contributed by atoms with E-state index in [1.54, 1.807) is 20.8 Å². The molecule has 1 spiro atoms. The van der Waals surface area contributed by atoms with Crippen LogP contribution in [0.15, 0.2) is 0 Å². The van der Waals surface area contributed by atoms with Crippen LogP contribution in [-0.2, 0) is 14.6 Å². The van der Waals surface area contributed by atoms with E-state index in [9.17, 15) is 18.3 Å². The normalized spacial score (nSPS) is 29.1. The van der Waals surface area contributed by atoms with Crippen molar-refractivity contribution in [2.75, 3.05) is 24.6 Å². The Bertz CT molecular complexity index is 458. The predicted molar refractivity (Wildman–Crippen MR) is 64.9 cm³/mol. The lowest BCUT2D eigenvalue weighted by molar-refractivity contribution is -0.0679. The molecule has 104 valence electrons. The van der Waals surface area contributed by atoms with Gasteiger partial charge in [-0.3, -0.25) is 0 Å². The van der Waals surface area contributed by atoms with Gasteiger partial charge in [0.05, 0.1) is 17.6 Å². The minimum absolute atomic E-state index is 0.0412. The second kappa shape index (κ2) is 3.84. The molecule has 2 aliphatic heterocycles. The lowest BCUT2D eigenvalue weighted by Gasteiger charge is -2.48. The monoisotopic (exact) mass is 277 g/mol. The number of hydrogen-bond donors (Lipinski definition) is 1. The molecule has 2 fully saturated rings. The van der Waals surface area contributed by atoms with Crippen molar-refractivity contribution >= 4 is 15.9 Å². The smallest absolute Gasteiger partial charge is 0.410 e. The number of hydrogen-bond acceptors (Lipinski definition) is 5. The molecule has 2 saturated heterocycles. The van der Waals surface area contributed by atoms with Gasteiger partial charge in [0.15, 0.2) is 9.84 Å². The van der Waals surface area contributed by atoms with E-state index in [-0.39, 0.29) is 24.6 Å². The third kappa shape index (κ3) is 2.47. The van der Waals surface area contributed by atoms with Crippen molar-refractivity contribution in [3.8, 4) is 0 Å². The van der Waals surface area contributed by atoms with Crippen molar-refractivity contribution in [1.82, 2.24) is 4.90 Å². The summed E-state index contributed by atoms with van der Waals surface area (Å²) in [6, 6.07) is 0. The van der Waals surface area contributed by atoms with Gasteiger partial charge in [0.2, 0.25) is 0 Å². The standard InChI is InChI=1S/C11H19NO5S/c1-10(2,3)17-9(14)12-5-11(6-12)7-18(15,16)4-8(11)13/h8,13H,4-7H2,1-3H3. The predicted octanol–water partition coefficient (Wildman–Crippen LogP) is 0.0128. The lowest BCUT2D eigenvalue weighted by atomic mass is 9.77. The summed E-state index contributed by atoms with van der Waals surface area (Å²) < 4.78 is 28.1. The molecule has 7 heteroatoms. The van der Waals surface area contributed by atoms with Gasteiger partial charge in [0, 0.05) is 18.5 Å². The Morgan fingerprint density at radius 3 is 2.33 bits per heavy atom. The maximum atomic E-state index is 11.7. The first-order chi connectivity index (χ1) is 8.03. The number of amides is 1. The van der Waals surface area contributed by atoms with Gasteiger partial charge in [-0.2, -0.15) is 0 Å². The van der Waals surface area contributed by atoms with Gasteiger partial charge in [-0.1, -0.05) is 0 Å². The molecule has 1 atom stereocenters. The summed E-state index contributed by atoms with van der Waals surface area (Å²) in [4.78, 5) is 13.2. The maximum Gasteiger partial charge on any atom is 0.410 e. The number of carbonyl (C=O) groups is 1. The average Bonchev–Trinajstić information content (AvgIpc) is 2.29. The summed E-state index contributed by atoms with van der Waals surface area (Å²) in [6.07, 6.45) is -1.33. The number of sulfone groups is 1. The van der Waals surface area contributed by atoms with Crippen molar-refractivity contribution in [1.29, 1.82) is 0 Å². The molecule has 6 nitrogen and oxygen atoms in total. The lowest BCUT2D eigenvalue weighted by Crippen LogP contribution is -2.64. The van der Waals surface area contributed by atoms with Crippen molar-refractivity contribution in [3.63, 3.8) is 0 Å². The van der Waals surface area contributed by atoms with Crippen LogP contribution < -0.4 is 0 Å². The van der Waals surface area contributed by atoms with Gasteiger partial charge < -0.3 is 14.7 Å². The Balaban J connectivity index is 1.97. The van der Waals surface area contributed by atoms with Crippen LogP contribution >= 0.6 is 0 Å². The number of likely N-dealkylation sites (tertiary alicyclic amines) is 1. The topological polar surface area (TPSA) is 83.9 Å². The number of ether oxygens (including phenoxy) is 1. The van der Waals surface area contributed by atoms with Crippen LogP contribution in [0.4, 0.5) is 4.79 Å². The fourth-order valence-electron chi connectivity index (χ4n) is 2.48. The first-order valence-corrected chi connectivity index (χ1v) is 7.72. The number of rotatable bonds is 0. The van der Waals surface area contributed by atoms with Gasteiger partial charge in [-0.25, -0.2) is 13.2 Å². The molecule has 2 heterocycles. The molecule has 1 unspecified atom stereocenters. The SMILES string of the molecule is CC(C)(C)OC(=O)N1CC2(C1)CS(=O)(=O)CC2O. The summed E-state index contributed by atoms with van der Waals surface area (Å²) in [6.45, 7) is 5.82. The molecule has 0 aromatic rings. The molecule has 0 aromatic carbocycles. The van der Waals surface area contributed by atoms with E-state index in [1.165, 1.54) is 4.90 Å². The quantitative estimate of drug-likeness (QED) is 0.674. The molecule has 2 rings (SSSR count). The van der Waals surface area contributed by atoms with Crippen LogP contribution in [0, 0.1) is 5.41 Å². The Morgan fingerprint density at radius 2 is 1.94 bits per heavy atom. The molecule has 0 aromatic heterocycles. The zero-order chi connectivity index (χ0) is 13.8. The minimum atomic E-state index is -3.18.